The average Bonchev–Trinajstić information content (AvgIpc) is 3.32. The number of rotatable bonds is 6. The Balaban J connectivity index is 1.52. The van der Waals surface area contributed by atoms with Crippen LogP contribution in [0.25, 0.3) is 22.3 Å². The van der Waals surface area contributed by atoms with Gasteiger partial charge in [0, 0.05) is 23.2 Å². The molecule has 5 aromatic rings. The SMILES string of the molecule is c1ccc(-c2nc(NCc3ccco3)cc(Nc3cccc4cccnc34)n2)cc1. The summed E-state index contributed by atoms with van der Waals surface area (Å²) in [4.78, 5) is 13.9. The van der Waals surface area contributed by atoms with E-state index in [-0.39, 0.29) is 0 Å². The van der Waals surface area contributed by atoms with Crippen molar-refractivity contribution in [1.82, 2.24) is 15.0 Å². The minimum Gasteiger partial charge on any atom is -0.467 e. The van der Waals surface area contributed by atoms with E-state index in [9.17, 15) is 0 Å². The fraction of sp³-hybridized carbons (Fsp3) is 0.0417. The van der Waals surface area contributed by atoms with Gasteiger partial charge in [0.25, 0.3) is 0 Å². The van der Waals surface area contributed by atoms with Crippen LogP contribution in [0, 0.1) is 0 Å². The summed E-state index contributed by atoms with van der Waals surface area (Å²) >= 11 is 0. The predicted molar refractivity (Wildman–Crippen MR) is 119 cm³/mol. The third kappa shape index (κ3) is 3.84. The summed E-state index contributed by atoms with van der Waals surface area (Å²) in [6.07, 6.45) is 3.45. The summed E-state index contributed by atoms with van der Waals surface area (Å²) in [5.41, 5.74) is 2.73. The second-order valence-electron chi connectivity index (χ2n) is 6.77. The molecule has 0 spiro atoms. The van der Waals surface area contributed by atoms with E-state index in [0.29, 0.717) is 24.0 Å². The number of para-hydroxylation sites is 1. The second-order valence-corrected chi connectivity index (χ2v) is 6.77. The molecule has 30 heavy (non-hydrogen) atoms. The van der Waals surface area contributed by atoms with Crippen LogP contribution in [0.4, 0.5) is 17.3 Å². The molecule has 2 aromatic carbocycles. The first-order valence-electron chi connectivity index (χ1n) is 9.67. The molecule has 146 valence electrons. The molecule has 0 bridgehead atoms. The highest BCUT2D eigenvalue weighted by molar-refractivity contribution is 5.91. The number of nitrogens with zero attached hydrogens (tertiary/aromatic N) is 3. The fourth-order valence-corrected chi connectivity index (χ4v) is 3.25. The number of nitrogens with one attached hydrogen (secondary N) is 2. The molecule has 0 saturated heterocycles. The fourth-order valence-electron chi connectivity index (χ4n) is 3.25. The Labute approximate surface area is 173 Å². The molecule has 0 aliphatic carbocycles. The molecule has 0 saturated carbocycles. The predicted octanol–water partition coefficient (Wildman–Crippen LogP) is 5.64. The van der Waals surface area contributed by atoms with Crippen molar-refractivity contribution in [1.29, 1.82) is 0 Å². The Morgan fingerprint density at radius 2 is 1.67 bits per heavy atom. The highest BCUT2D eigenvalue weighted by atomic mass is 16.3. The van der Waals surface area contributed by atoms with Crippen molar-refractivity contribution in [3.05, 3.63) is 97.1 Å². The van der Waals surface area contributed by atoms with Gasteiger partial charge in [0.05, 0.1) is 24.0 Å². The summed E-state index contributed by atoms with van der Waals surface area (Å²) in [7, 11) is 0. The van der Waals surface area contributed by atoms with Crippen molar-refractivity contribution in [2.45, 2.75) is 6.54 Å². The Kier molecular flexibility index (Phi) is 4.79. The van der Waals surface area contributed by atoms with Gasteiger partial charge in [-0.25, -0.2) is 9.97 Å². The van der Waals surface area contributed by atoms with E-state index in [0.717, 1.165) is 27.9 Å². The van der Waals surface area contributed by atoms with Gasteiger partial charge in [-0.15, -0.1) is 0 Å². The second kappa shape index (κ2) is 8.05. The van der Waals surface area contributed by atoms with Crippen molar-refractivity contribution in [2.75, 3.05) is 10.6 Å². The van der Waals surface area contributed by atoms with Crippen molar-refractivity contribution in [3.8, 4) is 11.4 Å². The van der Waals surface area contributed by atoms with Crippen LogP contribution in [-0.4, -0.2) is 15.0 Å². The van der Waals surface area contributed by atoms with E-state index in [1.165, 1.54) is 0 Å². The van der Waals surface area contributed by atoms with Gasteiger partial charge in [0.15, 0.2) is 5.82 Å². The van der Waals surface area contributed by atoms with Crippen LogP contribution in [-0.2, 0) is 6.54 Å². The summed E-state index contributed by atoms with van der Waals surface area (Å²) in [5.74, 6) is 2.86. The molecule has 0 fully saturated rings. The molecule has 3 aromatic heterocycles. The number of furan rings is 1. The number of aromatic nitrogens is 3. The highest BCUT2D eigenvalue weighted by Gasteiger charge is 2.10. The van der Waals surface area contributed by atoms with E-state index in [4.69, 9.17) is 9.40 Å². The molecule has 0 amide bonds. The Hall–Kier alpha value is -4.19. The van der Waals surface area contributed by atoms with Gasteiger partial charge in [-0.2, -0.15) is 0 Å². The maximum Gasteiger partial charge on any atom is 0.163 e. The van der Waals surface area contributed by atoms with Crippen LogP contribution in [0.3, 0.4) is 0 Å². The maximum atomic E-state index is 5.41. The normalized spacial score (nSPS) is 10.8. The first-order valence-corrected chi connectivity index (χ1v) is 9.67. The minimum atomic E-state index is 0.535. The molecule has 6 nitrogen and oxygen atoms in total. The summed E-state index contributed by atoms with van der Waals surface area (Å²) in [6.45, 7) is 0.535. The minimum absolute atomic E-state index is 0.535. The molecule has 5 rings (SSSR count). The number of hydrogen-bond acceptors (Lipinski definition) is 6. The molecule has 6 heteroatoms. The van der Waals surface area contributed by atoms with Gasteiger partial charge >= 0.3 is 0 Å². The van der Waals surface area contributed by atoms with E-state index in [1.54, 1.807) is 12.5 Å². The standard InChI is InChI=1S/C24H19N5O/c1-2-7-18(8-3-1)24-28-21(26-16-19-11-6-14-30-19)15-22(29-24)27-20-12-4-9-17-10-5-13-25-23(17)20/h1-15H,16H2,(H2,26,27,28,29). The van der Waals surface area contributed by atoms with Gasteiger partial charge in [-0.1, -0.05) is 48.5 Å². The van der Waals surface area contributed by atoms with Gasteiger partial charge in [0.2, 0.25) is 0 Å². The van der Waals surface area contributed by atoms with Crippen molar-refractivity contribution in [3.63, 3.8) is 0 Å². The highest BCUT2D eigenvalue weighted by Crippen LogP contribution is 2.26. The van der Waals surface area contributed by atoms with E-state index in [2.05, 4.69) is 20.6 Å². The Morgan fingerprint density at radius 3 is 2.53 bits per heavy atom. The lowest BCUT2D eigenvalue weighted by Crippen LogP contribution is -2.05. The number of benzene rings is 2. The van der Waals surface area contributed by atoms with Gasteiger partial charge in [0.1, 0.15) is 17.4 Å². The Morgan fingerprint density at radius 1 is 0.800 bits per heavy atom. The van der Waals surface area contributed by atoms with Crippen LogP contribution in [0.15, 0.2) is 95.7 Å². The number of fused-ring (bicyclic) bond motifs is 1. The van der Waals surface area contributed by atoms with Crippen LogP contribution in [0.1, 0.15) is 5.76 Å². The van der Waals surface area contributed by atoms with E-state index < -0.39 is 0 Å². The summed E-state index contributed by atoms with van der Waals surface area (Å²) in [5, 5.41) is 7.80. The Bertz CT molecular complexity index is 1260. The van der Waals surface area contributed by atoms with Crippen LogP contribution < -0.4 is 10.6 Å². The first kappa shape index (κ1) is 17.9. The molecule has 0 radical (unpaired) electrons. The van der Waals surface area contributed by atoms with Gasteiger partial charge in [-0.05, 0) is 24.3 Å². The number of anilines is 3. The van der Waals surface area contributed by atoms with Gasteiger partial charge in [-0.3, -0.25) is 4.98 Å². The molecular weight excluding hydrogens is 374 g/mol. The van der Waals surface area contributed by atoms with Crippen molar-refractivity contribution >= 4 is 28.2 Å². The third-order valence-electron chi connectivity index (χ3n) is 4.68. The molecule has 0 aliphatic rings. The average molecular weight is 393 g/mol. The third-order valence-corrected chi connectivity index (χ3v) is 4.68. The summed E-state index contributed by atoms with van der Waals surface area (Å²) in [6, 6.07) is 25.6. The quantitative estimate of drug-likeness (QED) is 0.389. The number of hydrogen-bond donors (Lipinski definition) is 2. The largest absolute Gasteiger partial charge is 0.467 e. The lowest BCUT2D eigenvalue weighted by Gasteiger charge is -2.12. The van der Waals surface area contributed by atoms with Crippen LogP contribution >= 0.6 is 0 Å². The molecule has 0 aliphatic heterocycles. The zero-order chi connectivity index (χ0) is 20.2. The first-order chi connectivity index (χ1) is 14.8. The molecule has 0 unspecified atom stereocenters. The lowest BCUT2D eigenvalue weighted by molar-refractivity contribution is 0.518. The van der Waals surface area contributed by atoms with Crippen LogP contribution in [0.5, 0.6) is 0 Å². The topological polar surface area (TPSA) is 75.9 Å². The maximum absolute atomic E-state index is 5.41. The van der Waals surface area contributed by atoms with Gasteiger partial charge < -0.3 is 15.1 Å². The lowest BCUT2D eigenvalue weighted by atomic mass is 10.2. The van der Waals surface area contributed by atoms with E-state index in [1.807, 2.05) is 78.9 Å². The van der Waals surface area contributed by atoms with Crippen molar-refractivity contribution in [2.24, 2.45) is 0 Å². The van der Waals surface area contributed by atoms with Crippen LogP contribution in [0.2, 0.25) is 0 Å². The molecule has 3 heterocycles. The smallest absolute Gasteiger partial charge is 0.163 e. The molecular formula is C24H19N5O. The summed E-state index contributed by atoms with van der Waals surface area (Å²) < 4.78 is 5.41. The zero-order valence-electron chi connectivity index (χ0n) is 16.1. The number of pyridine rings is 1. The zero-order valence-corrected chi connectivity index (χ0v) is 16.1. The van der Waals surface area contributed by atoms with E-state index >= 15 is 0 Å². The molecule has 0 atom stereocenters. The molecule has 2 N–H and O–H groups in total. The monoisotopic (exact) mass is 393 g/mol. The van der Waals surface area contributed by atoms with Crippen molar-refractivity contribution < 1.29 is 4.42 Å².